The lowest BCUT2D eigenvalue weighted by molar-refractivity contribution is 0.0600. The molecular weight excluding hydrogens is 200 g/mol. The molecule has 0 bridgehead atoms. The van der Waals surface area contributed by atoms with E-state index in [2.05, 4.69) is 20.8 Å². The monoisotopic (exact) mass is 220 g/mol. The molecule has 0 aliphatic heterocycles. The quantitative estimate of drug-likeness (QED) is 0.727. The normalized spacial score (nSPS) is 12.3. The molecule has 2 heteroatoms. The maximum Gasteiger partial charge on any atom is 0.337 e. The summed E-state index contributed by atoms with van der Waals surface area (Å²) in [5.74, 6) is 0.218. The molecule has 0 aromatic heterocycles. The lowest BCUT2D eigenvalue weighted by atomic mass is 9.90. The number of aryl methyl sites for hydroxylation is 1. The van der Waals surface area contributed by atoms with Crippen LogP contribution in [0, 0.1) is 13.8 Å². The van der Waals surface area contributed by atoms with Crippen LogP contribution in [0.3, 0.4) is 0 Å². The molecule has 0 radical (unpaired) electrons. The summed E-state index contributed by atoms with van der Waals surface area (Å²) in [5, 5.41) is 0. The molecule has 0 amide bonds. The Morgan fingerprint density at radius 2 is 2.00 bits per heavy atom. The maximum atomic E-state index is 11.5. The fourth-order valence-corrected chi connectivity index (χ4v) is 1.85. The van der Waals surface area contributed by atoms with Gasteiger partial charge in [0.05, 0.1) is 12.7 Å². The molecule has 0 saturated carbocycles. The summed E-state index contributed by atoms with van der Waals surface area (Å²) in [4.78, 5) is 11.5. The van der Waals surface area contributed by atoms with Gasteiger partial charge in [-0.1, -0.05) is 13.8 Å². The number of carbonyl (C=O) groups is 1. The molecule has 1 aromatic carbocycles. The number of hydrogen-bond donors (Lipinski definition) is 0. The van der Waals surface area contributed by atoms with Crippen LogP contribution in [0.15, 0.2) is 12.1 Å². The zero-order valence-corrected chi connectivity index (χ0v) is 10.8. The lowest BCUT2D eigenvalue weighted by Gasteiger charge is -2.16. The topological polar surface area (TPSA) is 26.3 Å². The van der Waals surface area contributed by atoms with Gasteiger partial charge in [-0.15, -0.1) is 0 Å². The van der Waals surface area contributed by atoms with Crippen molar-refractivity contribution in [1.29, 1.82) is 0 Å². The summed E-state index contributed by atoms with van der Waals surface area (Å²) in [6.07, 6.45) is 1.07. The molecule has 1 rings (SSSR count). The van der Waals surface area contributed by atoms with E-state index < -0.39 is 0 Å². The molecule has 0 fully saturated rings. The first-order valence-corrected chi connectivity index (χ1v) is 5.70. The summed E-state index contributed by atoms with van der Waals surface area (Å²) < 4.78 is 4.76. The van der Waals surface area contributed by atoms with Crippen LogP contribution in [-0.4, -0.2) is 13.1 Å². The van der Waals surface area contributed by atoms with Crippen LogP contribution in [-0.2, 0) is 4.74 Å². The van der Waals surface area contributed by atoms with E-state index in [0.29, 0.717) is 11.5 Å². The fraction of sp³-hybridized carbons (Fsp3) is 0.500. The number of esters is 1. The molecular formula is C14H20O2. The van der Waals surface area contributed by atoms with E-state index in [1.165, 1.54) is 18.2 Å². The van der Waals surface area contributed by atoms with Crippen LogP contribution in [0.25, 0.3) is 0 Å². The minimum atomic E-state index is -0.257. The molecule has 0 aliphatic carbocycles. The second-order valence-electron chi connectivity index (χ2n) is 4.31. The van der Waals surface area contributed by atoms with Gasteiger partial charge < -0.3 is 4.74 Å². The third-order valence-electron chi connectivity index (χ3n) is 3.27. The standard InChI is InChI=1S/C14H20O2/c1-6-9(2)13-8-12(14(15)16-5)7-10(3)11(13)4/h7-9H,6H2,1-5H3. The van der Waals surface area contributed by atoms with Crippen LogP contribution in [0.1, 0.15) is 53.2 Å². The van der Waals surface area contributed by atoms with Crippen molar-refractivity contribution in [2.75, 3.05) is 7.11 Å². The average molecular weight is 220 g/mol. The molecule has 1 aromatic rings. The van der Waals surface area contributed by atoms with Gasteiger partial charge in [0.15, 0.2) is 0 Å². The summed E-state index contributed by atoms with van der Waals surface area (Å²) >= 11 is 0. The first-order chi connectivity index (χ1) is 7.51. The average Bonchev–Trinajstić information content (AvgIpc) is 2.30. The van der Waals surface area contributed by atoms with Crippen molar-refractivity contribution in [3.05, 3.63) is 34.4 Å². The molecule has 0 saturated heterocycles. The second kappa shape index (κ2) is 5.15. The summed E-state index contributed by atoms with van der Waals surface area (Å²) in [7, 11) is 1.42. The number of ether oxygens (including phenoxy) is 1. The fourth-order valence-electron chi connectivity index (χ4n) is 1.85. The summed E-state index contributed by atoms with van der Waals surface area (Å²) in [6, 6.07) is 3.86. The van der Waals surface area contributed by atoms with Gasteiger partial charge in [-0.25, -0.2) is 4.79 Å². The first-order valence-electron chi connectivity index (χ1n) is 5.70. The van der Waals surface area contributed by atoms with Crippen LogP contribution in [0.4, 0.5) is 0 Å². The van der Waals surface area contributed by atoms with Crippen LogP contribution in [0.5, 0.6) is 0 Å². The van der Waals surface area contributed by atoms with E-state index in [1.54, 1.807) is 0 Å². The van der Waals surface area contributed by atoms with E-state index >= 15 is 0 Å². The highest BCUT2D eigenvalue weighted by Crippen LogP contribution is 2.26. The Morgan fingerprint density at radius 1 is 1.38 bits per heavy atom. The van der Waals surface area contributed by atoms with Gasteiger partial charge in [0.2, 0.25) is 0 Å². The van der Waals surface area contributed by atoms with Crippen molar-refractivity contribution in [1.82, 2.24) is 0 Å². The Balaban J connectivity index is 3.27. The zero-order chi connectivity index (χ0) is 12.3. The lowest BCUT2D eigenvalue weighted by Crippen LogP contribution is -2.06. The van der Waals surface area contributed by atoms with Gasteiger partial charge in [-0.2, -0.15) is 0 Å². The smallest absolute Gasteiger partial charge is 0.337 e. The van der Waals surface area contributed by atoms with Crippen molar-refractivity contribution in [3.8, 4) is 0 Å². The summed E-state index contributed by atoms with van der Waals surface area (Å²) in [6.45, 7) is 8.48. The van der Waals surface area contributed by atoms with E-state index in [-0.39, 0.29) is 5.97 Å². The highest BCUT2D eigenvalue weighted by Gasteiger charge is 2.13. The third-order valence-corrected chi connectivity index (χ3v) is 3.27. The highest BCUT2D eigenvalue weighted by molar-refractivity contribution is 5.90. The zero-order valence-electron chi connectivity index (χ0n) is 10.8. The number of hydrogen-bond acceptors (Lipinski definition) is 2. The van der Waals surface area contributed by atoms with Crippen molar-refractivity contribution < 1.29 is 9.53 Å². The van der Waals surface area contributed by atoms with Gasteiger partial charge in [-0.05, 0) is 55.0 Å². The molecule has 1 atom stereocenters. The Labute approximate surface area is 97.6 Å². The molecule has 0 N–H and O–H groups in total. The number of methoxy groups -OCH3 is 1. The van der Waals surface area contributed by atoms with Gasteiger partial charge in [0, 0.05) is 0 Å². The molecule has 16 heavy (non-hydrogen) atoms. The largest absolute Gasteiger partial charge is 0.465 e. The van der Waals surface area contributed by atoms with Crippen molar-refractivity contribution in [3.63, 3.8) is 0 Å². The van der Waals surface area contributed by atoms with Crippen molar-refractivity contribution >= 4 is 5.97 Å². The van der Waals surface area contributed by atoms with Gasteiger partial charge in [-0.3, -0.25) is 0 Å². The van der Waals surface area contributed by atoms with Crippen LogP contribution < -0.4 is 0 Å². The Hall–Kier alpha value is -1.31. The Kier molecular flexibility index (Phi) is 4.11. The van der Waals surface area contributed by atoms with Gasteiger partial charge in [0.1, 0.15) is 0 Å². The van der Waals surface area contributed by atoms with Crippen LogP contribution in [0.2, 0.25) is 0 Å². The molecule has 0 aliphatic rings. The molecule has 2 nitrogen and oxygen atoms in total. The van der Waals surface area contributed by atoms with E-state index in [1.807, 2.05) is 19.1 Å². The molecule has 0 heterocycles. The van der Waals surface area contributed by atoms with Gasteiger partial charge in [0.25, 0.3) is 0 Å². The highest BCUT2D eigenvalue weighted by atomic mass is 16.5. The predicted octanol–water partition coefficient (Wildman–Crippen LogP) is 3.60. The number of rotatable bonds is 3. The number of carbonyl (C=O) groups excluding carboxylic acids is 1. The third kappa shape index (κ3) is 2.43. The summed E-state index contributed by atoms with van der Waals surface area (Å²) in [5.41, 5.74) is 4.34. The Morgan fingerprint density at radius 3 is 2.50 bits per heavy atom. The maximum absolute atomic E-state index is 11.5. The van der Waals surface area contributed by atoms with Gasteiger partial charge >= 0.3 is 5.97 Å². The minimum Gasteiger partial charge on any atom is -0.465 e. The molecule has 0 spiro atoms. The number of benzene rings is 1. The van der Waals surface area contributed by atoms with E-state index in [0.717, 1.165) is 12.0 Å². The second-order valence-corrected chi connectivity index (χ2v) is 4.31. The van der Waals surface area contributed by atoms with E-state index in [4.69, 9.17) is 4.74 Å². The SMILES string of the molecule is CCC(C)c1cc(C(=O)OC)cc(C)c1C. The predicted molar refractivity (Wildman–Crippen MR) is 66.0 cm³/mol. The molecule has 88 valence electrons. The molecule has 1 unspecified atom stereocenters. The minimum absolute atomic E-state index is 0.257. The van der Waals surface area contributed by atoms with Crippen molar-refractivity contribution in [2.45, 2.75) is 40.0 Å². The first kappa shape index (κ1) is 12.8. The Bertz CT molecular complexity index is 394. The van der Waals surface area contributed by atoms with Crippen LogP contribution >= 0.6 is 0 Å². The van der Waals surface area contributed by atoms with Crippen molar-refractivity contribution in [2.24, 2.45) is 0 Å². The van der Waals surface area contributed by atoms with E-state index in [9.17, 15) is 4.79 Å².